The van der Waals surface area contributed by atoms with E-state index in [0.29, 0.717) is 0 Å². The number of hydrogen-bond acceptors (Lipinski definition) is 2. The van der Waals surface area contributed by atoms with Crippen molar-refractivity contribution in [3.63, 3.8) is 0 Å². The molecule has 1 aromatic heterocycles. The topological polar surface area (TPSA) is 27.1 Å². The van der Waals surface area contributed by atoms with Crippen LogP contribution in [-0.4, -0.2) is 16.7 Å². The van der Waals surface area contributed by atoms with Crippen LogP contribution in [0.1, 0.15) is 18.1 Å². The minimum absolute atomic E-state index is 0.113. The Kier molecular flexibility index (Phi) is 3.79. The third-order valence-corrected chi connectivity index (χ3v) is 3.64. The summed E-state index contributed by atoms with van der Waals surface area (Å²) in [6.45, 7) is 0.908. The maximum Gasteiger partial charge on any atom is 0.0945 e. The molecule has 0 aliphatic carbocycles. The molecular weight excluding hydrogens is 248 g/mol. The van der Waals surface area contributed by atoms with E-state index in [1.165, 1.54) is 16.3 Å². The molecule has 0 bridgehead atoms. The van der Waals surface area contributed by atoms with Crippen molar-refractivity contribution in [2.75, 3.05) is 7.11 Å². The minimum atomic E-state index is 0.113. The molecule has 0 N–H and O–H groups in total. The van der Waals surface area contributed by atoms with Gasteiger partial charge in [0.2, 0.25) is 0 Å². The van der Waals surface area contributed by atoms with E-state index in [1.54, 1.807) is 13.3 Å². The number of fused-ring (bicyclic) bond motifs is 1. The lowest BCUT2D eigenvalue weighted by molar-refractivity contribution is 0.0917. The number of aryl methyl sites for hydroxylation is 1. The van der Waals surface area contributed by atoms with Gasteiger partial charge < -0.3 is 9.30 Å². The van der Waals surface area contributed by atoms with Crippen LogP contribution < -0.4 is 0 Å². The van der Waals surface area contributed by atoms with E-state index in [-0.39, 0.29) is 6.10 Å². The summed E-state index contributed by atoms with van der Waals surface area (Å²) < 4.78 is 7.73. The predicted octanol–water partition coefficient (Wildman–Crippen LogP) is 3.81. The van der Waals surface area contributed by atoms with E-state index in [4.69, 9.17) is 4.74 Å². The molecule has 102 valence electrons. The first-order chi connectivity index (χ1) is 9.86. The van der Waals surface area contributed by atoms with Gasteiger partial charge in [0.05, 0.1) is 12.4 Å². The van der Waals surface area contributed by atoms with Crippen molar-refractivity contribution >= 4 is 10.8 Å². The fraction of sp³-hybridized carbons (Fsp3) is 0.235. The normalized spacial score (nSPS) is 12.7. The van der Waals surface area contributed by atoms with Gasteiger partial charge in [-0.05, 0) is 28.8 Å². The van der Waals surface area contributed by atoms with Crippen LogP contribution in [0.25, 0.3) is 10.8 Å². The summed E-state index contributed by atoms with van der Waals surface area (Å²) in [7, 11) is 1.77. The Morgan fingerprint density at radius 2 is 2.00 bits per heavy atom. The van der Waals surface area contributed by atoms with Gasteiger partial charge in [-0.3, -0.25) is 0 Å². The molecule has 0 saturated heterocycles. The highest BCUT2D eigenvalue weighted by molar-refractivity contribution is 5.83. The van der Waals surface area contributed by atoms with E-state index in [9.17, 15) is 0 Å². The second-order valence-corrected chi connectivity index (χ2v) is 4.92. The molecule has 3 aromatic rings. The molecule has 3 nitrogen and oxygen atoms in total. The van der Waals surface area contributed by atoms with Crippen molar-refractivity contribution < 1.29 is 4.74 Å². The summed E-state index contributed by atoms with van der Waals surface area (Å²) in [6.07, 6.45) is 6.67. The number of aromatic nitrogens is 2. The van der Waals surface area contributed by atoms with E-state index < -0.39 is 0 Å². The summed E-state index contributed by atoms with van der Waals surface area (Å²) in [4.78, 5) is 4.06. The average Bonchev–Trinajstić information content (AvgIpc) is 3.01. The van der Waals surface area contributed by atoms with Crippen LogP contribution in [0.4, 0.5) is 0 Å². The highest BCUT2D eigenvalue weighted by atomic mass is 16.5. The van der Waals surface area contributed by atoms with Crippen molar-refractivity contribution in [1.29, 1.82) is 0 Å². The maximum absolute atomic E-state index is 5.65. The van der Waals surface area contributed by atoms with Crippen molar-refractivity contribution in [1.82, 2.24) is 9.55 Å². The first-order valence-corrected chi connectivity index (χ1v) is 6.84. The van der Waals surface area contributed by atoms with Crippen LogP contribution in [0.15, 0.2) is 61.2 Å². The molecular formula is C17H18N2O. The van der Waals surface area contributed by atoms with Crippen molar-refractivity contribution in [2.45, 2.75) is 19.1 Å². The van der Waals surface area contributed by atoms with Gasteiger partial charge in [0.15, 0.2) is 0 Å². The van der Waals surface area contributed by atoms with Gasteiger partial charge in [-0.1, -0.05) is 36.4 Å². The monoisotopic (exact) mass is 266 g/mol. The summed E-state index contributed by atoms with van der Waals surface area (Å²) in [5.41, 5.74) is 1.23. The first kappa shape index (κ1) is 12.9. The van der Waals surface area contributed by atoms with E-state index in [1.807, 2.05) is 12.5 Å². The van der Waals surface area contributed by atoms with Crippen LogP contribution in [0.5, 0.6) is 0 Å². The standard InChI is InChI=1S/C17H18N2O/c1-20-17(8-10-19-11-9-18-13-19)16-7-6-14-4-2-3-5-15(14)12-16/h2-7,9,11-13,17H,8,10H2,1H3. The van der Waals surface area contributed by atoms with Crippen LogP contribution in [0.3, 0.4) is 0 Å². The van der Waals surface area contributed by atoms with Crippen LogP contribution in [0, 0.1) is 0 Å². The van der Waals surface area contributed by atoms with E-state index in [2.05, 4.69) is 52.0 Å². The molecule has 0 fully saturated rings. The molecule has 20 heavy (non-hydrogen) atoms. The van der Waals surface area contributed by atoms with Gasteiger partial charge in [0.25, 0.3) is 0 Å². The lowest BCUT2D eigenvalue weighted by Crippen LogP contribution is -2.06. The minimum Gasteiger partial charge on any atom is -0.377 e. The van der Waals surface area contributed by atoms with Crippen LogP contribution in [0.2, 0.25) is 0 Å². The Morgan fingerprint density at radius 1 is 1.15 bits per heavy atom. The third-order valence-electron chi connectivity index (χ3n) is 3.64. The van der Waals surface area contributed by atoms with Crippen molar-refractivity contribution in [3.05, 3.63) is 66.7 Å². The summed E-state index contributed by atoms with van der Waals surface area (Å²) in [6, 6.07) is 14.9. The second-order valence-electron chi connectivity index (χ2n) is 4.92. The van der Waals surface area contributed by atoms with Gasteiger partial charge >= 0.3 is 0 Å². The number of hydrogen-bond donors (Lipinski definition) is 0. The molecule has 0 aliphatic rings. The Morgan fingerprint density at radius 3 is 2.75 bits per heavy atom. The Labute approximate surface area is 118 Å². The van der Waals surface area contributed by atoms with Gasteiger partial charge in [-0.2, -0.15) is 0 Å². The highest BCUT2D eigenvalue weighted by Gasteiger charge is 2.11. The molecule has 1 atom stereocenters. The largest absolute Gasteiger partial charge is 0.377 e. The molecule has 0 aliphatic heterocycles. The number of rotatable bonds is 5. The fourth-order valence-corrected chi connectivity index (χ4v) is 2.51. The molecule has 0 amide bonds. The van der Waals surface area contributed by atoms with Crippen LogP contribution in [-0.2, 0) is 11.3 Å². The maximum atomic E-state index is 5.65. The lowest BCUT2D eigenvalue weighted by Gasteiger charge is -2.16. The third kappa shape index (κ3) is 2.73. The van der Waals surface area contributed by atoms with Gasteiger partial charge in [-0.15, -0.1) is 0 Å². The zero-order chi connectivity index (χ0) is 13.8. The molecule has 0 spiro atoms. The molecule has 3 heteroatoms. The summed E-state index contributed by atoms with van der Waals surface area (Å²) >= 11 is 0. The van der Waals surface area contributed by atoms with Crippen molar-refractivity contribution in [3.8, 4) is 0 Å². The quantitative estimate of drug-likeness (QED) is 0.702. The Hall–Kier alpha value is -2.13. The number of ether oxygens (including phenoxy) is 1. The predicted molar refractivity (Wildman–Crippen MR) is 80.5 cm³/mol. The fourth-order valence-electron chi connectivity index (χ4n) is 2.51. The second kappa shape index (κ2) is 5.88. The molecule has 1 unspecified atom stereocenters. The zero-order valence-corrected chi connectivity index (χ0v) is 11.6. The smallest absolute Gasteiger partial charge is 0.0945 e. The molecule has 3 rings (SSSR count). The first-order valence-electron chi connectivity index (χ1n) is 6.84. The van der Waals surface area contributed by atoms with E-state index >= 15 is 0 Å². The average molecular weight is 266 g/mol. The summed E-state index contributed by atoms with van der Waals surface area (Å²) in [5, 5.41) is 2.52. The van der Waals surface area contributed by atoms with Crippen molar-refractivity contribution in [2.24, 2.45) is 0 Å². The number of imidazole rings is 1. The number of benzene rings is 2. The summed E-state index contributed by atoms with van der Waals surface area (Å²) in [5.74, 6) is 0. The van der Waals surface area contributed by atoms with Gasteiger partial charge in [-0.25, -0.2) is 4.98 Å². The van der Waals surface area contributed by atoms with Crippen LogP contribution >= 0.6 is 0 Å². The number of nitrogens with zero attached hydrogens (tertiary/aromatic N) is 2. The van der Waals surface area contributed by atoms with E-state index in [0.717, 1.165) is 13.0 Å². The lowest BCUT2D eigenvalue weighted by atomic mass is 10.0. The molecule has 1 heterocycles. The van der Waals surface area contributed by atoms with Gasteiger partial charge in [0.1, 0.15) is 0 Å². The Bertz CT molecular complexity index is 676. The highest BCUT2D eigenvalue weighted by Crippen LogP contribution is 2.25. The number of methoxy groups -OCH3 is 1. The molecule has 0 saturated carbocycles. The Balaban J connectivity index is 1.79. The zero-order valence-electron chi connectivity index (χ0n) is 11.6. The van der Waals surface area contributed by atoms with Gasteiger partial charge in [0, 0.05) is 26.0 Å². The molecule has 2 aromatic carbocycles. The SMILES string of the molecule is COC(CCn1ccnc1)c1ccc2ccccc2c1. The molecule has 0 radical (unpaired) electrons.